The van der Waals surface area contributed by atoms with Crippen molar-refractivity contribution in [1.29, 1.82) is 0 Å². The average molecular weight is 532 g/mol. The molecule has 1 aromatic heterocycles. The molecule has 1 aromatic carbocycles. The fraction of sp³-hybridized carbons (Fsp3) is 0.621. The summed E-state index contributed by atoms with van der Waals surface area (Å²) in [5, 5.41) is 3.02. The summed E-state index contributed by atoms with van der Waals surface area (Å²) < 4.78 is 41.1. The van der Waals surface area contributed by atoms with Gasteiger partial charge in [-0.2, -0.15) is 13.2 Å². The Balaban J connectivity index is 1.41. The number of carbonyl (C=O) groups excluding carboxylic acids is 1. The Morgan fingerprint density at radius 2 is 1.84 bits per heavy atom. The minimum absolute atomic E-state index is 0.0359. The van der Waals surface area contributed by atoms with E-state index < -0.39 is 11.7 Å². The van der Waals surface area contributed by atoms with Crippen LogP contribution in [0, 0.1) is 17.8 Å². The maximum atomic E-state index is 13.7. The van der Waals surface area contributed by atoms with Crippen molar-refractivity contribution in [2.24, 2.45) is 17.8 Å². The minimum Gasteiger partial charge on any atom is -0.339 e. The smallest absolute Gasteiger partial charge is 0.339 e. The van der Waals surface area contributed by atoms with Gasteiger partial charge in [-0.05, 0) is 94.3 Å². The lowest BCUT2D eigenvalue weighted by molar-refractivity contribution is -0.138. The summed E-state index contributed by atoms with van der Waals surface area (Å²) in [4.78, 5) is 25.3. The summed E-state index contributed by atoms with van der Waals surface area (Å²) in [7, 11) is 3.93. The van der Waals surface area contributed by atoms with E-state index >= 15 is 0 Å². The molecule has 1 atom stereocenters. The molecule has 2 fully saturated rings. The number of carbonyl (C=O) groups is 1. The Bertz CT molecular complexity index is 1080. The summed E-state index contributed by atoms with van der Waals surface area (Å²) in [6.07, 6.45) is 2.79. The van der Waals surface area contributed by atoms with Crippen LogP contribution in [0.5, 0.6) is 0 Å². The first-order chi connectivity index (χ1) is 18.0. The molecule has 0 spiro atoms. The molecule has 1 unspecified atom stereocenters. The van der Waals surface area contributed by atoms with E-state index in [1.54, 1.807) is 24.3 Å². The molecule has 0 bridgehead atoms. The van der Waals surface area contributed by atoms with Crippen LogP contribution in [-0.4, -0.2) is 58.9 Å². The van der Waals surface area contributed by atoms with Crippen molar-refractivity contribution in [2.75, 3.05) is 32.5 Å². The number of piperidine rings is 1. The number of hydrogen-bond acceptors (Lipinski definition) is 5. The molecule has 2 aliphatic rings. The molecule has 1 N–H and O–H groups in total. The number of nitrogens with zero attached hydrogens (tertiary/aromatic N) is 4. The predicted molar refractivity (Wildman–Crippen MR) is 143 cm³/mol. The SMILES string of the molecule is CCCC(C)C1CC(Cc2nc(Nc3ccc(C(=O)N(C)C4CCN(C)CC4)cc3)ncc2C(F)(F)F)C1. The molecule has 1 saturated heterocycles. The monoisotopic (exact) mass is 531 g/mol. The number of benzene rings is 1. The molecule has 2 aromatic rings. The first-order valence-electron chi connectivity index (χ1n) is 13.8. The van der Waals surface area contributed by atoms with Crippen molar-refractivity contribution >= 4 is 17.5 Å². The Morgan fingerprint density at radius 1 is 1.18 bits per heavy atom. The van der Waals surface area contributed by atoms with Crippen molar-refractivity contribution in [2.45, 2.75) is 71.0 Å². The van der Waals surface area contributed by atoms with E-state index in [1.165, 1.54) is 0 Å². The van der Waals surface area contributed by atoms with Gasteiger partial charge in [-0.3, -0.25) is 4.79 Å². The van der Waals surface area contributed by atoms with Crippen LogP contribution in [0.3, 0.4) is 0 Å². The fourth-order valence-corrected chi connectivity index (χ4v) is 5.83. The van der Waals surface area contributed by atoms with E-state index in [1.807, 2.05) is 11.9 Å². The maximum absolute atomic E-state index is 13.7. The van der Waals surface area contributed by atoms with Crippen LogP contribution < -0.4 is 5.32 Å². The summed E-state index contributed by atoms with van der Waals surface area (Å²) >= 11 is 0. The molecule has 38 heavy (non-hydrogen) atoms. The summed E-state index contributed by atoms with van der Waals surface area (Å²) in [6.45, 7) is 6.35. The van der Waals surface area contributed by atoms with Crippen LogP contribution in [-0.2, 0) is 12.6 Å². The zero-order chi connectivity index (χ0) is 27.4. The number of aromatic nitrogens is 2. The third kappa shape index (κ3) is 6.84. The Labute approximate surface area is 224 Å². The number of hydrogen-bond donors (Lipinski definition) is 1. The van der Waals surface area contributed by atoms with Crippen LogP contribution in [0.1, 0.15) is 74.0 Å². The highest BCUT2D eigenvalue weighted by Gasteiger charge is 2.38. The van der Waals surface area contributed by atoms with Crippen molar-refractivity contribution in [3.63, 3.8) is 0 Å². The number of nitrogens with one attached hydrogen (secondary N) is 1. The van der Waals surface area contributed by atoms with Crippen LogP contribution in [0.2, 0.25) is 0 Å². The van der Waals surface area contributed by atoms with E-state index in [9.17, 15) is 18.0 Å². The number of likely N-dealkylation sites (tertiary alicyclic amines) is 1. The third-order valence-corrected chi connectivity index (χ3v) is 8.42. The molecule has 1 saturated carbocycles. The molecular formula is C29H40F3N5O. The van der Waals surface area contributed by atoms with Crippen molar-refractivity contribution < 1.29 is 18.0 Å². The van der Waals surface area contributed by atoms with E-state index in [4.69, 9.17) is 0 Å². The van der Waals surface area contributed by atoms with E-state index in [0.717, 1.165) is 57.8 Å². The highest BCUT2D eigenvalue weighted by atomic mass is 19.4. The van der Waals surface area contributed by atoms with Gasteiger partial charge in [-0.25, -0.2) is 9.97 Å². The maximum Gasteiger partial charge on any atom is 0.419 e. The molecule has 4 rings (SSSR count). The molecule has 9 heteroatoms. The number of anilines is 2. The highest BCUT2D eigenvalue weighted by Crippen LogP contribution is 2.43. The van der Waals surface area contributed by atoms with Gasteiger partial charge in [0.05, 0.1) is 11.3 Å². The molecule has 1 aliphatic heterocycles. The molecule has 6 nitrogen and oxygen atoms in total. The number of halogens is 3. The van der Waals surface area contributed by atoms with Crippen LogP contribution in [0.4, 0.5) is 24.8 Å². The van der Waals surface area contributed by atoms with Crippen molar-refractivity contribution in [1.82, 2.24) is 19.8 Å². The third-order valence-electron chi connectivity index (χ3n) is 8.42. The van der Waals surface area contributed by atoms with Crippen LogP contribution in [0.15, 0.2) is 30.5 Å². The van der Waals surface area contributed by atoms with Gasteiger partial charge < -0.3 is 15.1 Å². The molecule has 0 radical (unpaired) electrons. The van der Waals surface area contributed by atoms with Gasteiger partial charge in [0.15, 0.2) is 0 Å². The molecular weight excluding hydrogens is 491 g/mol. The average Bonchev–Trinajstić information content (AvgIpc) is 2.85. The van der Waals surface area contributed by atoms with Gasteiger partial charge in [-0.1, -0.05) is 26.7 Å². The second-order valence-electron chi connectivity index (χ2n) is 11.3. The van der Waals surface area contributed by atoms with Gasteiger partial charge in [0.1, 0.15) is 0 Å². The van der Waals surface area contributed by atoms with Gasteiger partial charge in [0, 0.05) is 30.5 Å². The van der Waals surface area contributed by atoms with Crippen molar-refractivity contribution in [3.05, 3.63) is 47.3 Å². The lowest BCUT2D eigenvalue weighted by atomic mass is 9.66. The Morgan fingerprint density at radius 3 is 2.45 bits per heavy atom. The van der Waals surface area contributed by atoms with Gasteiger partial charge >= 0.3 is 6.18 Å². The Hall–Kier alpha value is -2.68. The first kappa shape index (κ1) is 28.3. The van der Waals surface area contributed by atoms with E-state index in [0.29, 0.717) is 29.5 Å². The zero-order valence-corrected chi connectivity index (χ0v) is 22.9. The summed E-state index contributed by atoms with van der Waals surface area (Å²) in [5.41, 5.74) is 0.480. The second kappa shape index (κ2) is 12.0. The molecule has 1 aliphatic carbocycles. The standard InChI is InChI=1S/C29H40F3N5O/c1-5-6-19(2)22-15-20(16-22)17-26-25(29(30,31)32)18-33-28(35-26)34-23-9-7-21(8-10-23)27(38)37(4)24-11-13-36(3)14-12-24/h7-10,18-20,22,24H,5-6,11-17H2,1-4H3,(H,33,34,35). The topological polar surface area (TPSA) is 61.4 Å². The number of alkyl halides is 3. The predicted octanol–water partition coefficient (Wildman–Crippen LogP) is 6.41. The van der Waals surface area contributed by atoms with Gasteiger partial charge in [-0.15, -0.1) is 0 Å². The minimum atomic E-state index is -4.49. The normalized spacial score (nSPS) is 21.6. The first-order valence-corrected chi connectivity index (χ1v) is 13.8. The molecule has 2 heterocycles. The molecule has 1 amide bonds. The number of amides is 1. The highest BCUT2D eigenvalue weighted by molar-refractivity contribution is 5.94. The molecule has 208 valence electrons. The summed E-state index contributed by atoms with van der Waals surface area (Å²) in [6, 6.07) is 7.15. The van der Waals surface area contributed by atoms with Crippen molar-refractivity contribution in [3.8, 4) is 0 Å². The zero-order valence-electron chi connectivity index (χ0n) is 22.9. The van der Waals surface area contributed by atoms with Crippen LogP contribution >= 0.6 is 0 Å². The largest absolute Gasteiger partial charge is 0.419 e. The van der Waals surface area contributed by atoms with Crippen LogP contribution in [0.25, 0.3) is 0 Å². The second-order valence-corrected chi connectivity index (χ2v) is 11.3. The lowest BCUT2D eigenvalue weighted by Crippen LogP contribution is -2.44. The summed E-state index contributed by atoms with van der Waals surface area (Å²) in [5.74, 6) is 1.51. The fourth-order valence-electron chi connectivity index (χ4n) is 5.83. The Kier molecular flexibility index (Phi) is 8.96. The van der Waals surface area contributed by atoms with E-state index in [2.05, 4.69) is 41.1 Å². The van der Waals surface area contributed by atoms with Gasteiger partial charge in [0.25, 0.3) is 5.91 Å². The van der Waals surface area contributed by atoms with E-state index in [-0.39, 0.29) is 29.5 Å². The van der Waals surface area contributed by atoms with Gasteiger partial charge in [0.2, 0.25) is 5.95 Å². The number of rotatable bonds is 9. The quantitative estimate of drug-likeness (QED) is 0.405. The lowest BCUT2D eigenvalue weighted by Gasteiger charge is -2.39.